The Balaban J connectivity index is 2.41. The topological polar surface area (TPSA) is 27.8 Å². The molecule has 15 heavy (non-hydrogen) atoms. The van der Waals surface area contributed by atoms with Gasteiger partial charge in [0.25, 0.3) is 0 Å². The standard InChI is InChI=1S/C11H10BrFN2/c12-7-1-2-8(13)11-10(7)6-3-4-14-5-9(6)15-11/h1-2,14-15H,3-5H2. The van der Waals surface area contributed by atoms with Gasteiger partial charge in [-0.15, -0.1) is 0 Å². The fourth-order valence-corrected chi connectivity index (χ4v) is 2.77. The fraction of sp³-hybridized carbons (Fsp3) is 0.273. The Morgan fingerprint density at radius 1 is 1.33 bits per heavy atom. The van der Waals surface area contributed by atoms with Crippen molar-refractivity contribution < 1.29 is 4.39 Å². The van der Waals surface area contributed by atoms with E-state index in [4.69, 9.17) is 0 Å². The number of benzene rings is 1. The predicted molar refractivity (Wildman–Crippen MR) is 61.4 cm³/mol. The summed E-state index contributed by atoms with van der Waals surface area (Å²) in [7, 11) is 0. The Morgan fingerprint density at radius 2 is 2.20 bits per heavy atom. The quantitative estimate of drug-likeness (QED) is 0.756. The van der Waals surface area contributed by atoms with Gasteiger partial charge in [0.05, 0.1) is 5.52 Å². The van der Waals surface area contributed by atoms with Gasteiger partial charge in [-0.25, -0.2) is 4.39 Å². The van der Waals surface area contributed by atoms with Crippen molar-refractivity contribution >= 4 is 26.8 Å². The van der Waals surface area contributed by atoms with Crippen LogP contribution in [-0.2, 0) is 13.0 Å². The minimum Gasteiger partial charge on any atom is -0.355 e. The van der Waals surface area contributed by atoms with Crippen molar-refractivity contribution in [1.82, 2.24) is 10.3 Å². The second kappa shape index (κ2) is 3.32. The van der Waals surface area contributed by atoms with Gasteiger partial charge in [-0.05, 0) is 30.7 Å². The number of hydrogen-bond donors (Lipinski definition) is 2. The van der Waals surface area contributed by atoms with E-state index < -0.39 is 0 Å². The van der Waals surface area contributed by atoms with Crippen molar-refractivity contribution in [2.45, 2.75) is 13.0 Å². The van der Waals surface area contributed by atoms with Crippen LogP contribution in [0.5, 0.6) is 0 Å². The molecule has 0 bridgehead atoms. The van der Waals surface area contributed by atoms with E-state index in [0.29, 0.717) is 5.52 Å². The Labute approximate surface area is 95.0 Å². The van der Waals surface area contributed by atoms with E-state index in [1.54, 1.807) is 6.07 Å². The van der Waals surface area contributed by atoms with E-state index in [2.05, 4.69) is 26.2 Å². The summed E-state index contributed by atoms with van der Waals surface area (Å²) in [6, 6.07) is 3.26. The zero-order valence-electron chi connectivity index (χ0n) is 8.03. The summed E-state index contributed by atoms with van der Waals surface area (Å²) in [5.41, 5.74) is 2.98. The van der Waals surface area contributed by atoms with E-state index in [1.165, 1.54) is 11.6 Å². The van der Waals surface area contributed by atoms with Gasteiger partial charge in [-0.2, -0.15) is 0 Å². The average Bonchev–Trinajstić information content (AvgIpc) is 2.64. The third kappa shape index (κ3) is 1.32. The van der Waals surface area contributed by atoms with Crippen molar-refractivity contribution in [3.05, 3.63) is 33.7 Å². The maximum atomic E-state index is 13.6. The Bertz CT molecular complexity index is 533. The van der Waals surface area contributed by atoms with Gasteiger partial charge in [0.2, 0.25) is 0 Å². The van der Waals surface area contributed by atoms with Crippen LogP contribution in [0.4, 0.5) is 4.39 Å². The molecule has 0 saturated carbocycles. The third-order valence-corrected chi connectivity index (χ3v) is 3.56. The monoisotopic (exact) mass is 268 g/mol. The Kier molecular flexibility index (Phi) is 2.07. The molecule has 0 radical (unpaired) electrons. The van der Waals surface area contributed by atoms with E-state index in [-0.39, 0.29) is 5.82 Å². The number of H-pyrrole nitrogens is 1. The summed E-state index contributed by atoms with van der Waals surface area (Å²) in [5.74, 6) is -0.178. The molecular weight excluding hydrogens is 259 g/mol. The minimum absolute atomic E-state index is 0.178. The molecule has 3 rings (SSSR count). The van der Waals surface area contributed by atoms with Gasteiger partial charge in [-0.1, -0.05) is 15.9 Å². The highest BCUT2D eigenvalue weighted by molar-refractivity contribution is 9.10. The lowest BCUT2D eigenvalue weighted by Crippen LogP contribution is -2.23. The van der Waals surface area contributed by atoms with Crippen LogP contribution in [0.25, 0.3) is 10.9 Å². The maximum absolute atomic E-state index is 13.6. The largest absolute Gasteiger partial charge is 0.355 e. The zero-order valence-corrected chi connectivity index (χ0v) is 9.62. The first-order chi connectivity index (χ1) is 7.27. The lowest BCUT2D eigenvalue weighted by molar-refractivity contribution is 0.630. The molecule has 78 valence electrons. The predicted octanol–water partition coefficient (Wildman–Crippen LogP) is 2.72. The lowest BCUT2D eigenvalue weighted by Gasteiger charge is -2.12. The van der Waals surface area contributed by atoms with Gasteiger partial charge in [-0.3, -0.25) is 0 Å². The Morgan fingerprint density at radius 3 is 3.07 bits per heavy atom. The first-order valence-electron chi connectivity index (χ1n) is 4.95. The Hall–Kier alpha value is -0.870. The molecule has 0 unspecified atom stereocenters. The molecule has 4 heteroatoms. The second-order valence-corrected chi connectivity index (χ2v) is 4.64. The molecule has 1 aliphatic rings. The van der Waals surface area contributed by atoms with Crippen molar-refractivity contribution in [2.75, 3.05) is 6.54 Å². The first kappa shape index (κ1) is 9.36. The first-order valence-corrected chi connectivity index (χ1v) is 5.75. The zero-order chi connectivity index (χ0) is 10.4. The van der Waals surface area contributed by atoms with Crippen LogP contribution in [0.3, 0.4) is 0 Å². The smallest absolute Gasteiger partial charge is 0.147 e. The summed E-state index contributed by atoms with van der Waals surface area (Å²) in [5, 5.41) is 4.28. The molecule has 1 aromatic carbocycles. The normalized spacial score (nSPS) is 15.6. The van der Waals surface area contributed by atoms with Crippen LogP contribution in [0.1, 0.15) is 11.3 Å². The summed E-state index contributed by atoms with van der Waals surface area (Å²) in [6.07, 6.45) is 0.956. The molecule has 0 spiro atoms. The van der Waals surface area contributed by atoms with Crippen LogP contribution in [-0.4, -0.2) is 11.5 Å². The number of fused-ring (bicyclic) bond motifs is 3. The van der Waals surface area contributed by atoms with Gasteiger partial charge < -0.3 is 10.3 Å². The number of aromatic amines is 1. The molecule has 2 heterocycles. The van der Waals surface area contributed by atoms with Crippen molar-refractivity contribution in [1.29, 1.82) is 0 Å². The molecule has 0 aliphatic carbocycles. The molecule has 0 atom stereocenters. The van der Waals surface area contributed by atoms with Gasteiger partial charge in [0.1, 0.15) is 5.82 Å². The molecule has 1 aromatic heterocycles. The minimum atomic E-state index is -0.178. The highest BCUT2D eigenvalue weighted by atomic mass is 79.9. The summed E-state index contributed by atoms with van der Waals surface area (Å²) >= 11 is 3.48. The van der Waals surface area contributed by atoms with E-state index in [9.17, 15) is 4.39 Å². The summed E-state index contributed by atoms with van der Waals surface area (Å²) in [6.45, 7) is 1.76. The van der Waals surface area contributed by atoms with Crippen LogP contribution in [0.2, 0.25) is 0 Å². The number of hydrogen-bond acceptors (Lipinski definition) is 1. The SMILES string of the molecule is Fc1ccc(Br)c2c3c([nH]c12)CNCC3. The fourth-order valence-electron chi connectivity index (χ4n) is 2.20. The van der Waals surface area contributed by atoms with Crippen molar-refractivity contribution in [3.63, 3.8) is 0 Å². The van der Waals surface area contributed by atoms with Crippen molar-refractivity contribution in [2.24, 2.45) is 0 Å². The lowest BCUT2D eigenvalue weighted by atomic mass is 10.0. The van der Waals surface area contributed by atoms with E-state index in [0.717, 1.165) is 35.1 Å². The summed E-state index contributed by atoms with van der Waals surface area (Å²) in [4.78, 5) is 3.16. The van der Waals surface area contributed by atoms with Crippen LogP contribution in [0, 0.1) is 5.82 Å². The highest BCUT2D eigenvalue weighted by Crippen LogP contribution is 2.32. The molecule has 0 amide bonds. The number of aromatic nitrogens is 1. The molecular formula is C11H10BrFN2. The third-order valence-electron chi connectivity index (χ3n) is 2.90. The van der Waals surface area contributed by atoms with Gasteiger partial charge >= 0.3 is 0 Å². The average molecular weight is 269 g/mol. The number of nitrogens with one attached hydrogen (secondary N) is 2. The second-order valence-electron chi connectivity index (χ2n) is 3.79. The molecule has 2 N–H and O–H groups in total. The maximum Gasteiger partial charge on any atom is 0.147 e. The molecule has 2 aromatic rings. The van der Waals surface area contributed by atoms with Gasteiger partial charge in [0.15, 0.2) is 0 Å². The molecule has 2 nitrogen and oxygen atoms in total. The summed E-state index contributed by atoms with van der Waals surface area (Å²) < 4.78 is 14.6. The molecule has 0 saturated heterocycles. The van der Waals surface area contributed by atoms with Crippen LogP contribution >= 0.6 is 15.9 Å². The number of halogens is 2. The van der Waals surface area contributed by atoms with Gasteiger partial charge in [0, 0.05) is 22.1 Å². The molecule has 1 aliphatic heterocycles. The van der Waals surface area contributed by atoms with E-state index >= 15 is 0 Å². The van der Waals surface area contributed by atoms with Crippen LogP contribution < -0.4 is 5.32 Å². The number of rotatable bonds is 0. The highest BCUT2D eigenvalue weighted by Gasteiger charge is 2.18. The van der Waals surface area contributed by atoms with E-state index in [1.807, 2.05) is 0 Å². The van der Waals surface area contributed by atoms with Crippen molar-refractivity contribution in [3.8, 4) is 0 Å². The molecule has 0 fully saturated rings. The van der Waals surface area contributed by atoms with Crippen LogP contribution in [0.15, 0.2) is 16.6 Å².